The van der Waals surface area contributed by atoms with Crippen LogP contribution in [0.25, 0.3) is 133 Å². The Labute approximate surface area is 798 Å². The molecule has 5 aromatic heterocycles. The zero-order valence-electron chi connectivity index (χ0n) is 76.4. The van der Waals surface area contributed by atoms with Crippen molar-refractivity contribution in [2.24, 2.45) is 0 Å². The van der Waals surface area contributed by atoms with Gasteiger partial charge in [0.1, 0.15) is 0 Å². The molecule has 21 aromatic rings. The second-order valence-corrected chi connectivity index (χ2v) is 38.0. The summed E-state index contributed by atoms with van der Waals surface area (Å²) in [6.07, 6.45) is 0. The van der Waals surface area contributed by atoms with Crippen molar-refractivity contribution < 1.29 is 0 Å². The first-order chi connectivity index (χ1) is 64.0. The number of rotatable bonds is 12. The van der Waals surface area contributed by atoms with Gasteiger partial charge in [0.05, 0.1) is 0 Å². The van der Waals surface area contributed by atoms with Crippen LogP contribution in [-0.2, 0) is 0 Å². The molecule has 131 heavy (non-hydrogen) atoms. The Hall–Kier alpha value is -14.0. The van der Waals surface area contributed by atoms with E-state index in [2.05, 4.69) is 540 Å². The first-order valence-corrected chi connectivity index (χ1v) is 48.7. The van der Waals surface area contributed by atoms with E-state index < -0.39 is 0 Å². The summed E-state index contributed by atoms with van der Waals surface area (Å²) in [5, 5.41) is 8.48. The summed E-state index contributed by atoms with van der Waals surface area (Å²) < 4.78 is 0. The zero-order chi connectivity index (χ0) is 91.1. The number of aryl methyl sites for hydroxylation is 10. The summed E-state index contributed by atoms with van der Waals surface area (Å²) >= 11 is 9.00. The maximum atomic E-state index is 2.29. The van der Waals surface area contributed by atoms with Crippen LogP contribution in [0.15, 0.2) is 495 Å². The molecule has 5 heterocycles. The van der Waals surface area contributed by atoms with Gasteiger partial charge in [-0.25, -0.2) is 0 Å². The third-order valence-corrected chi connectivity index (χ3v) is 26.0. The first-order valence-electron chi connectivity index (χ1n) is 44.4. The molecule has 0 aliphatic carbocycles. The van der Waals surface area contributed by atoms with Crippen molar-refractivity contribution in [3.8, 4) is 133 Å². The minimum Gasteiger partial charge on any atom is -0.152 e. The SMILES string of the molecule is Cc1cc(-c2ccccc2)cs1.Cc1ccc(-c2cc(-c3ccccc3)cc(-c3ccccc3)c2)cc1.Cc1ccc(-c2cccc(-c3ccccc3)c2)cc1.Cc1ccc(-c2ccccc2)s1.Cc1ccc(C)s1.Cc1cccc(-c2cc(-c3ccccc3)cc(-c3ccccc3)c2)c1.Cc1cccc(-c2cccc(-c3ccccc3)c2)c1.Cc1cccs1.Cc1ccsc1. The average Bonchev–Trinajstić information content (AvgIpc) is 0.930. The lowest BCUT2D eigenvalue weighted by atomic mass is 9.93. The Morgan fingerprint density at radius 2 is 0.405 bits per heavy atom. The normalized spacial score (nSPS) is 10.2. The van der Waals surface area contributed by atoms with Crippen molar-refractivity contribution in [2.75, 3.05) is 0 Å². The predicted octanol–water partition coefficient (Wildman–Crippen LogP) is 38.6. The molecule has 0 bridgehead atoms. The molecule has 0 atom stereocenters. The van der Waals surface area contributed by atoms with Gasteiger partial charge >= 0.3 is 0 Å². The quantitative estimate of drug-likeness (QED) is 0.114. The molecule has 0 saturated heterocycles. The number of hydrogen-bond donors (Lipinski definition) is 0. The maximum absolute atomic E-state index is 2.29. The first kappa shape index (κ1) is 94.6. The van der Waals surface area contributed by atoms with Gasteiger partial charge in [-0.1, -0.05) is 404 Å². The van der Waals surface area contributed by atoms with Crippen molar-refractivity contribution in [1.82, 2.24) is 0 Å². The van der Waals surface area contributed by atoms with Crippen LogP contribution in [0.2, 0.25) is 0 Å². The molecular formula is C126H112S5. The van der Waals surface area contributed by atoms with Crippen LogP contribution in [0, 0.1) is 69.2 Å². The van der Waals surface area contributed by atoms with Gasteiger partial charge in [-0.2, -0.15) is 11.3 Å². The minimum atomic E-state index is 1.24. The second-order valence-electron chi connectivity index (χ2n) is 32.2. The Morgan fingerprint density at radius 3 is 0.672 bits per heavy atom. The van der Waals surface area contributed by atoms with Crippen LogP contribution in [-0.4, -0.2) is 0 Å². The summed E-state index contributed by atoms with van der Waals surface area (Å²) in [4.78, 5) is 8.28. The summed E-state index contributed by atoms with van der Waals surface area (Å²) in [7, 11) is 0. The Balaban J connectivity index is 0.000000130. The molecule has 0 spiro atoms. The van der Waals surface area contributed by atoms with Crippen LogP contribution in [0.1, 0.15) is 52.2 Å². The van der Waals surface area contributed by atoms with E-state index in [9.17, 15) is 0 Å². The third-order valence-electron chi connectivity index (χ3n) is 21.5. The van der Waals surface area contributed by atoms with Crippen molar-refractivity contribution in [3.05, 3.63) is 547 Å². The largest absolute Gasteiger partial charge is 0.152 e. The summed E-state index contributed by atoms with van der Waals surface area (Å²) in [5.41, 5.74) is 35.6. The van der Waals surface area contributed by atoms with Crippen molar-refractivity contribution in [3.63, 3.8) is 0 Å². The van der Waals surface area contributed by atoms with Crippen molar-refractivity contribution >= 4 is 56.7 Å². The molecule has 0 unspecified atom stereocenters. The monoisotopic (exact) mass is 1780 g/mol. The van der Waals surface area contributed by atoms with E-state index in [0.29, 0.717) is 0 Å². The van der Waals surface area contributed by atoms with Crippen LogP contribution >= 0.6 is 56.7 Å². The highest BCUT2D eigenvalue weighted by Gasteiger charge is 2.12. The van der Waals surface area contributed by atoms with E-state index in [1.54, 1.807) is 34.0 Å². The minimum absolute atomic E-state index is 1.24. The van der Waals surface area contributed by atoms with E-state index in [1.165, 1.54) is 185 Å². The zero-order valence-corrected chi connectivity index (χ0v) is 80.5. The fourth-order valence-corrected chi connectivity index (χ4v) is 18.2. The van der Waals surface area contributed by atoms with Gasteiger partial charge in [0.25, 0.3) is 0 Å². The summed E-state index contributed by atoms with van der Waals surface area (Å²) in [5.74, 6) is 0. The van der Waals surface area contributed by atoms with Gasteiger partial charge in [0.15, 0.2) is 0 Å². The van der Waals surface area contributed by atoms with Crippen molar-refractivity contribution in [1.29, 1.82) is 0 Å². The van der Waals surface area contributed by atoms with Crippen LogP contribution < -0.4 is 0 Å². The lowest BCUT2D eigenvalue weighted by Crippen LogP contribution is -1.86. The van der Waals surface area contributed by atoms with Gasteiger partial charge in [0, 0.05) is 29.3 Å². The maximum Gasteiger partial charge on any atom is 0.0345 e. The molecule has 0 aliphatic rings. The summed E-state index contributed by atoms with van der Waals surface area (Å²) in [6.45, 7) is 21.2. The predicted molar refractivity (Wildman–Crippen MR) is 580 cm³/mol. The van der Waals surface area contributed by atoms with E-state index in [1.807, 2.05) is 46.9 Å². The molecule has 0 amide bonds. The van der Waals surface area contributed by atoms with Gasteiger partial charge in [-0.05, 0) is 315 Å². The highest BCUT2D eigenvalue weighted by molar-refractivity contribution is 7.15. The number of thiophene rings is 5. The lowest BCUT2D eigenvalue weighted by Gasteiger charge is -2.11. The number of hydrogen-bond acceptors (Lipinski definition) is 5. The highest BCUT2D eigenvalue weighted by atomic mass is 32.1. The third kappa shape index (κ3) is 30.3. The standard InChI is InChI=1S/2C25H20.2C19H16.2C11H10S.C6H8S.2C5H6S/c1-19-9-8-14-22(15-19)25-17-23(20-10-4-2-5-11-20)16-24(18-25)21-12-6-3-7-13-21;1-19-12-14-22(15-13-19)25-17-23(20-8-4-2-5-9-20)16-24(18-25)21-10-6-3-7-11-21;1-15-7-5-10-17(13-15)19-12-6-11-18(14-19)16-8-3-2-4-9-16;1-15-10-12-17(13-11-15)19-9-5-8-18(14-19)16-6-3-2-4-7-16;1-9-7-11(8-12-9)10-5-3-2-4-6-10;1-9-7-8-11(12-9)10-5-3-2-4-6-10;1-5-3-4-6(2)7-5;1-5-2-3-6-4-5;1-5-3-2-4-6-5/h2*2-18H,1H3;2*2-14H,1H3;2*2-8H,1H3;3-4H,1-2H3;2*2-4H,1H3. The molecule has 0 saturated carbocycles. The van der Waals surface area contributed by atoms with Gasteiger partial charge in [-0.3, -0.25) is 0 Å². The van der Waals surface area contributed by atoms with Gasteiger partial charge < -0.3 is 0 Å². The molecule has 646 valence electrons. The second kappa shape index (κ2) is 50.1. The van der Waals surface area contributed by atoms with Crippen LogP contribution in [0.3, 0.4) is 0 Å². The fraction of sp³-hybridized carbons (Fsp3) is 0.0794. The Bertz CT molecular complexity index is 6610. The van der Waals surface area contributed by atoms with E-state index >= 15 is 0 Å². The molecule has 21 rings (SSSR count). The lowest BCUT2D eigenvalue weighted by molar-refractivity contribution is 1.46. The molecule has 0 aliphatic heterocycles. The van der Waals surface area contributed by atoms with E-state index in [-0.39, 0.29) is 0 Å². The number of benzene rings is 16. The van der Waals surface area contributed by atoms with E-state index in [4.69, 9.17) is 0 Å². The van der Waals surface area contributed by atoms with Crippen LogP contribution in [0.5, 0.6) is 0 Å². The van der Waals surface area contributed by atoms with Gasteiger partial charge in [0.2, 0.25) is 0 Å². The molecule has 5 heteroatoms. The average molecular weight is 1790 g/mol. The van der Waals surface area contributed by atoms with Gasteiger partial charge in [-0.15, -0.1) is 45.3 Å². The molecule has 0 nitrogen and oxygen atoms in total. The molecule has 0 N–H and O–H groups in total. The fourth-order valence-electron chi connectivity index (χ4n) is 14.6. The Kier molecular flexibility index (Phi) is 36.2. The molecule has 0 fully saturated rings. The van der Waals surface area contributed by atoms with Crippen LogP contribution in [0.4, 0.5) is 0 Å². The van der Waals surface area contributed by atoms with Crippen molar-refractivity contribution in [2.45, 2.75) is 69.2 Å². The molecule has 16 aromatic carbocycles. The Morgan fingerprint density at radius 1 is 0.130 bits per heavy atom. The topological polar surface area (TPSA) is 0 Å². The highest BCUT2D eigenvalue weighted by Crippen LogP contribution is 2.37. The molecular weight excluding hydrogens is 1670 g/mol. The van der Waals surface area contributed by atoms with E-state index in [0.717, 1.165) is 0 Å². The molecule has 0 radical (unpaired) electrons. The summed E-state index contributed by atoms with van der Waals surface area (Å²) in [6, 6.07) is 167. The smallest absolute Gasteiger partial charge is 0.0345 e.